The summed E-state index contributed by atoms with van der Waals surface area (Å²) < 4.78 is 7.28. The molecule has 0 aliphatic rings. The number of oxazole rings is 1. The van der Waals surface area contributed by atoms with Gasteiger partial charge in [0.2, 0.25) is 0 Å². The topological polar surface area (TPSA) is 85.8 Å². The van der Waals surface area contributed by atoms with Crippen LogP contribution in [0.1, 0.15) is 48.4 Å². The second-order valence-corrected chi connectivity index (χ2v) is 5.45. The summed E-state index contributed by atoms with van der Waals surface area (Å²) in [5.41, 5.74) is 1.88. The average Bonchev–Trinajstić information content (AvgIpc) is 3.11. The predicted molar refractivity (Wildman–Crippen MR) is 84.9 cm³/mol. The first-order chi connectivity index (χ1) is 11.1. The molecule has 0 saturated heterocycles. The minimum absolute atomic E-state index is 0.181. The van der Waals surface area contributed by atoms with E-state index in [1.54, 1.807) is 25.1 Å². The van der Waals surface area contributed by atoms with Crippen LogP contribution in [-0.4, -0.2) is 25.7 Å². The molecule has 7 heteroatoms. The highest BCUT2D eigenvalue weighted by Crippen LogP contribution is 2.18. The monoisotopic (exact) mass is 313 g/mol. The zero-order valence-corrected chi connectivity index (χ0v) is 13.4. The minimum Gasteiger partial charge on any atom is -0.441 e. The van der Waals surface area contributed by atoms with Crippen molar-refractivity contribution in [2.45, 2.75) is 39.8 Å². The van der Waals surface area contributed by atoms with Crippen LogP contribution >= 0.6 is 0 Å². The van der Waals surface area contributed by atoms with Gasteiger partial charge in [0.25, 0.3) is 5.91 Å². The Kier molecular flexibility index (Phi) is 4.10. The molecule has 2 aromatic heterocycles. The summed E-state index contributed by atoms with van der Waals surface area (Å²) in [5.74, 6) is 1.15. The first-order valence-corrected chi connectivity index (χ1v) is 7.64. The molecule has 3 aromatic rings. The SMILES string of the molecule is CCCn1ncnc1[C@@H](C)NC(=O)c1ccc2nc(C)oc2c1. The van der Waals surface area contributed by atoms with Gasteiger partial charge in [-0.25, -0.2) is 14.6 Å². The molecule has 0 saturated carbocycles. The summed E-state index contributed by atoms with van der Waals surface area (Å²) >= 11 is 0. The highest BCUT2D eigenvalue weighted by atomic mass is 16.3. The fourth-order valence-corrected chi connectivity index (χ4v) is 2.52. The van der Waals surface area contributed by atoms with Crippen LogP contribution in [0.2, 0.25) is 0 Å². The smallest absolute Gasteiger partial charge is 0.251 e. The van der Waals surface area contributed by atoms with E-state index >= 15 is 0 Å². The number of nitrogens with zero attached hydrogens (tertiary/aromatic N) is 4. The van der Waals surface area contributed by atoms with Gasteiger partial charge in [0.05, 0.1) is 6.04 Å². The Labute approximate surface area is 133 Å². The van der Waals surface area contributed by atoms with Crippen molar-refractivity contribution >= 4 is 17.0 Å². The number of amides is 1. The average molecular weight is 313 g/mol. The first kappa shape index (κ1) is 15.2. The molecule has 0 fully saturated rings. The molecule has 0 unspecified atom stereocenters. The van der Waals surface area contributed by atoms with Crippen molar-refractivity contribution in [2.24, 2.45) is 0 Å². The van der Waals surface area contributed by atoms with Gasteiger partial charge in [-0.3, -0.25) is 4.79 Å². The van der Waals surface area contributed by atoms with E-state index < -0.39 is 0 Å². The number of fused-ring (bicyclic) bond motifs is 1. The Bertz CT molecular complexity index is 836. The zero-order chi connectivity index (χ0) is 16.4. The van der Waals surface area contributed by atoms with Crippen LogP contribution in [0.5, 0.6) is 0 Å². The Morgan fingerprint density at radius 1 is 1.43 bits per heavy atom. The maximum absolute atomic E-state index is 12.4. The molecular formula is C16H19N5O2. The largest absolute Gasteiger partial charge is 0.441 e. The van der Waals surface area contributed by atoms with E-state index in [-0.39, 0.29) is 11.9 Å². The number of aromatic nitrogens is 4. The zero-order valence-electron chi connectivity index (χ0n) is 13.4. The standard InChI is InChI=1S/C16H19N5O2/c1-4-7-21-15(17-9-18-21)10(2)19-16(22)12-5-6-13-14(8-12)23-11(3)20-13/h5-6,8-10H,4,7H2,1-3H3,(H,19,22)/t10-/m1/s1. The van der Waals surface area contributed by atoms with Crippen molar-refractivity contribution in [3.05, 3.63) is 41.8 Å². The van der Waals surface area contributed by atoms with Crippen LogP contribution < -0.4 is 5.32 Å². The van der Waals surface area contributed by atoms with Gasteiger partial charge in [0.1, 0.15) is 17.7 Å². The molecule has 7 nitrogen and oxygen atoms in total. The molecule has 0 bridgehead atoms. The van der Waals surface area contributed by atoms with Gasteiger partial charge in [-0.15, -0.1) is 0 Å². The highest BCUT2D eigenvalue weighted by molar-refractivity contribution is 5.97. The molecule has 0 aliphatic heterocycles. The van der Waals surface area contributed by atoms with E-state index in [0.29, 0.717) is 17.0 Å². The maximum atomic E-state index is 12.4. The Morgan fingerprint density at radius 2 is 2.26 bits per heavy atom. The van der Waals surface area contributed by atoms with Crippen LogP contribution in [0.25, 0.3) is 11.1 Å². The number of carbonyl (C=O) groups is 1. The number of rotatable bonds is 5. The lowest BCUT2D eigenvalue weighted by Gasteiger charge is -2.14. The number of aryl methyl sites for hydroxylation is 2. The fourth-order valence-electron chi connectivity index (χ4n) is 2.52. The van der Waals surface area contributed by atoms with Crippen molar-refractivity contribution < 1.29 is 9.21 Å². The van der Waals surface area contributed by atoms with Crippen LogP contribution in [0.4, 0.5) is 0 Å². The van der Waals surface area contributed by atoms with E-state index in [4.69, 9.17) is 4.42 Å². The summed E-state index contributed by atoms with van der Waals surface area (Å²) in [5, 5.41) is 7.13. The van der Waals surface area contributed by atoms with Crippen molar-refractivity contribution in [3.8, 4) is 0 Å². The summed E-state index contributed by atoms with van der Waals surface area (Å²) in [7, 11) is 0. The molecule has 0 spiro atoms. The normalized spacial score (nSPS) is 12.5. The summed E-state index contributed by atoms with van der Waals surface area (Å²) in [6, 6.07) is 4.99. The summed E-state index contributed by atoms with van der Waals surface area (Å²) in [6.45, 7) is 6.52. The lowest BCUT2D eigenvalue weighted by Crippen LogP contribution is -2.29. The number of nitrogens with one attached hydrogen (secondary N) is 1. The number of hydrogen-bond acceptors (Lipinski definition) is 5. The number of hydrogen-bond donors (Lipinski definition) is 1. The second-order valence-electron chi connectivity index (χ2n) is 5.45. The third-order valence-corrected chi connectivity index (χ3v) is 3.57. The van der Waals surface area contributed by atoms with E-state index in [0.717, 1.165) is 24.3 Å². The highest BCUT2D eigenvalue weighted by Gasteiger charge is 2.17. The molecule has 0 radical (unpaired) electrons. The Morgan fingerprint density at radius 3 is 3.04 bits per heavy atom. The summed E-state index contributed by atoms with van der Waals surface area (Å²) in [6.07, 6.45) is 2.47. The van der Waals surface area contributed by atoms with E-state index in [9.17, 15) is 4.79 Å². The predicted octanol–water partition coefficient (Wildman–Crippen LogP) is 2.63. The van der Waals surface area contributed by atoms with Crippen LogP contribution in [0.15, 0.2) is 28.9 Å². The van der Waals surface area contributed by atoms with E-state index in [1.165, 1.54) is 6.33 Å². The van der Waals surface area contributed by atoms with Gasteiger partial charge in [0.15, 0.2) is 11.5 Å². The molecule has 0 aliphatic carbocycles. The lowest BCUT2D eigenvalue weighted by molar-refractivity contribution is 0.0937. The third-order valence-electron chi connectivity index (χ3n) is 3.57. The quantitative estimate of drug-likeness (QED) is 0.782. The first-order valence-electron chi connectivity index (χ1n) is 7.64. The van der Waals surface area contributed by atoms with Crippen LogP contribution in [0, 0.1) is 6.92 Å². The Hall–Kier alpha value is -2.70. The summed E-state index contributed by atoms with van der Waals surface area (Å²) in [4.78, 5) is 20.9. The molecule has 1 atom stereocenters. The molecule has 2 heterocycles. The van der Waals surface area contributed by atoms with E-state index in [1.807, 2.05) is 11.6 Å². The fraction of sp³-hybridized carbons (Fsp3) is 0.375. The van der Waals surface area contributed by atoms with Gasteiger partial charge in [0, 0.05) is 19.0 Å². The molecule has 120 valence electrons. The molecule has 1 N–H and O–H groups in total. The van der Waals surface area contributed by atoms with Gasteiger partial charge >= 0.3 is 0 Å². The van der Waals surface area contributed by atoms with Crippen molar-refractivity contribution in [1.82, 2.24) is 25.1 Å². The van der Waals surface area contributed by atoms with Crippen LogP contribution in [-0.2, 0) is 6.54 Å². The third kappa shape index (κ3) is 3.08. The molecule has 1 amide bonds. The van der Waals surface area contributed by atoms with Gasteiger partial charge in [-0.05, 0) is 31.5 Å². The van der Waals surface area contributed by atoms with Gasteiger partial charge in [-0.2, -0.15) is 5.10 Å². The lowest BCUT2D eigenvalue weighted by atomic mass is 10.2. The van der Waals surface area contributed by atoms with Crippen LogP contribution in [0.3, 0.4) is 0 Å². The molecule has 3 rings (SSSR count). The molecule has 1 aromatic carbocycles. The Balaban J connectivity index is 1.77. The van der Waals surface area contributed by atoms with E-state index in [2.05, 4.69) is 27.3 Å². The maximum Gasteiger partial charge on any atom is 0.251 e. The van der Waals surface area contributed by atoms with Gasteiger partial charge in [-0.1, -0.05) is 6.92 Å². The number of carbonyl (C=O) groups excluding carboxylic acids is 1. The van der Waals surface area contributed by atoms with Crippen molar-refractivity contribution in [2.75, 3.05) is 0 Å². The number of benzene rings is 1. The molecule has 23 heavy (non-hydrogen) atoms. The second kappa shape index (κ2) is 6.20. The molecular weight excluding hydrogens is 294 g/mol. The minimum atomic E-state index is -0.233. The van der Waals surface area contributed by atoms with Crippen molar-refractivity contribution in [1.29, 1.82) is 0 Å². The van der Waals surface area contributed by atoms with Crippen molar-refractivity contribution in [3.63, 3.8) is 0 Å². The van der Waals surface area contributed by atoms with Gasteiger partial charge < -0.3 is 9.73 Å².